The number of carbonyl (C=O) groups excluding carboxylic acids is 3. The van der Waals surface area contributed by atoms with Crippen LogP contribution < -0.4 is 0 Å². The molecule has 0 rings (SSSR count). The zero-order valence-corrected chi connectivity index (χ0v) is 12.3. The van der Waals surface area contributed by atoms with Gasteiger partial charge in [0.15, 0.2) is 0 Å². The third kappa shape index (κ3) is 5.87. The molecule has 0 radical (unpaired) electrons. The summed E-state index contributed by atoms with van der Waals surface area (Å²) >= 11 is 11.1. The molecule has 0 unspecified atom stereocenters. The Bertz CT molecular complexity index is 274. The lowest BCUT2D eigenvalue weighted by Crippen LogP contribution is -2.44. The van der Waals surface area contributed by atoms with Gasteiger partial charge in [0.1, 0.15) is 0 Å². The highest BCUT2D eigenvalue weighted by Gasteiger charge is 2.41. The maximum atomic E-state index is 11.2. The summed E-state index contributed by atoms with van der Waals surface area (Å²) in [5.74, 6) is -5.22. The van der Waals surface area contributed by atoms with E-state index >= 15 is 0 Å². The molecule has 0 heterocycles. The van der Waals surface area contributed by atoms with Gasteiger partial charge in [-0.15, -0.1) is 0 Å². The minimum absolute atomic E-state index is 0.0639. The van der Waals surface area contributed by atoms with Crippen molar-refractivity contribution in [1.29, 1.82) is 0 Å². The zero-order chi connectivity index (χ0) is 14.2. The lowest BCUT2D eigenvalue weighted by atomic mass is 10.4. The first-order chi connectivity index (χ1) is 8.42. The smallest absolute Gasteiger partial charge is 0.387 e. The van der Waals surface area contributed by atoms with Crippen LogP contribution in [0.4, 0.5) is 0 Å². The Morgan fingerprint density at radius 1 is 0.833 bits per heavy atom. The molecule has 18 heavy (non-hydrogen) atoms. The van der Waals surface area contributed by atoms with Crippen molar-refractivity contribution in [2.24, 2.45) is 0 Å². The van der Waals surface area contributed by atoms with Crippen LogP contribution in [0, 0.1) is 0 Å². The van der Waals surface area contributed by atoms with E-state index in [2.05, 4.69) is 37.9 Å². The Labute approximate surface area is 121 Å². The maximum absolute atomic E-state index is 11.2. The summed E-state index contributed by atoms with van der Waals surface area (Å²) < 4.78 is 14.4. The Morgan fingerprint density at radius 3 is 1.28 bits per heavy atom. The van der Waals surface area contributed by atoms with Gasteiger partial charge in [-0.05, 0) is 0 Å². The Kier molecular flexibility index (Phi) is 8.29. The van der Waals surface area contributed by atoms with Gasteiger partial charge in [-0.1, -0.05) is 6.92 Å². The SMILES string of the molecule is CCC(OC(=O)CS)(OC(=O)CS)OC(=O)CS. The van der Waals surface area contributed by atoms with Gasteiger partial charge in [-0.2, -0.15) is 37.9 Å². The first kappa shape index (κ1) is 17.5. The van der Waals surface area contributed by atoms with E-state index in [-0.39, 0.29) is 23.7 Å². The van der Waals surface area contributed by atoms with E-state index in [0.717, 1.165) is 0 Å². The van der Waals surface area contributed by atoms with Crippen LogP contribution in [-0.4, -0.2) is 41.1 Å². The number of thiol groups is 3. The molecule has 104 valence electrons. The molecular formula is C9H14O6S3. The molecule has 0 N–H and O–H groups in total. The molecule has 0 spiro atoms. The lowest BCUT2D eigenvalue weighted by molar-refractivity contribution is -0.328. The molecule has 0 aromatic heterocycles. The van der Waals surface area contributed by atoms with Crippen molar-refractivity contribution in [1.82, 2.24) is 0 Å². The van der Waals surface area contributed by atoms with Crippen LogP contribution in [-0.2, 0) is 28.6 Å². The van der Waals surface area contributed by atoms with Crippen molar-refractivity contribution in [3.8, 4) is 0 Å². The third-order valence-electron chi connectivity index (χ3n) is 1.63. The summed E-state index contributed by atoms with van der Waals surface area (Å²) in [6, 6.07) is 0. The minimum atomic E-state index is -2.08. The van der Waals surface area contributed by atoms with E-state index in [1.54, 1.807) is 0 Å². The second-order valence-electron chi connectivity index (χ2n) is 2.93. The highest BCUT2D eigenvalue weighted by molar-refractivity contribution is 7.81. The second kappa shape index (κ2) is 8.54. The average molecular weight is 314 g/mol. The summed E-state index contributed by atoms with van der Waals surface area (Å²) in [4.78, 5) is 33.6. The van der Waals surface area contributed by atoms with Gasteiger partial charge in [0.25, 0.3) is 0 Å². The first-order valence-electron chi connectivity index (χ1n) is 4.91. The van der Waals surface area contributed by atoms with E-state index in [1.807, 2.05) is 0 Å². The zero-order valence-electron chi connectivity index (χ0n) is 9.62. The van der Waals surface area contributed by atoms with E-state index in [4.69, 9.17) is 14.2 Å². The number of carbonyl (C=O) groups is 3. The predicted octanol–water partition coefficient (Wildman–Crippen LogP) is 0.469. The van der Waals surface area contributed by atoms with Crippen LogP contribution in [0.2, 0.25) is 0 Å². The normalized spacial score (nSPS) is 10.7. The lowest BCUT2D eigenvalue weighted by Gasteiger charge is -2.29. The van der Waals surface area contributed by atoms with Crippen molar-refractivity contribution in [2.45, 2.75) is 19.3 Å². The van der Waals surface area contributed by atoms with Gasteiger partial charge in [0.05, 0.1) is 23.7 Å². The highest BCUT2D eigenvalue weighted by Crippen LogP contribution is 2.21. The molecule has 0 bridgehead atoms. The fourth-order valence-electron chi connectivity index (χ4n) is 0.896. The van der Waals surface area contributed by atoms with E-state index < -0.39 is 23.9 Å². The molecule has 0 amide bonds. The Balaban J connectivity index is 4.98. The van der Waals surface area contributed by atoms with Crippen LogP contribution in [0.25, 0.3) is 0 Å². The third-order valence-corrected chi connectivity index (χ3v) is 2.40. The van der Waals surface area contributed by atoms with Crippen molar-refractivity contribution in [3.63, 3.8) is 0 Å². The van der Waals surface area contributed by atoms with Crippen LogP contribution >= 0.6 is 37.9 Å². The van der Waals surface area contributed by atoms with Crippen molar-refractivity contribution in [2.75, 3.05) is 17.3 Å². The summed E-state index contributed by atoms with van der Waals surface area (Å²) in [7, 11) is 0. The number of hydrogen-bond donors (Lipinski definition) is 3. The monoisotopic (exact) mass is 314 g/mol. The fraction of sp³-hybridized carbons (Fsp3) is 0.667. The summed E-state index contributed by atoms with van der Waals surface area (Å²) in [5, 5.41) is 0. The van der Waals surface area contributed by atoms with Gasteiger partial charge in [-0.3, -0.25) is 14.4 Å². The predicted molar refractivity (Wildman–Crippen MR) is 72.9 cm³/mol. The molecule has 0 aliphatic carbocycles. The molecule has 0 aliphatic rings. The molecule has 9 heteroatoms. The molecule has 6 nitrogen and oxygen atoms in total. The van der Waals surface area contributed by atoms with E-state index in [9.17, 15) is 14.4 Å². The topological polar surface area (TPSA) is 78.9 Å². The molecule has 0 aromatic carbocycles. The standard InChI is InChI=1S/C9H14O6S3/c1-2-9(13-6(10)3-16,14-7(11)4-17)15-8(12)5-18/h16-18H,2-5H2,1H3. The summed E-state index contributed by atoms with van der Waals surface area (Å²) in [5.41, 5.74) is 0. The maximum Gasteiger partial charge on any atom is 0.423 e. The second-order valence-corrected chi connectivity index (χ2v) is 3.88. The first-order valence-corrected chi connectivity index (χ1v) is 6.80. The molecule has 0 aromatic rings. The number of rotatable bonds is 7. The molecular weight excluding hydrogens is 300 g/mol. The molecule has 0 saturated heterocycles. The summed E-state index contributed by atoms with van der Waals surface area (Å²) in [6.07, 6.45) is -0.0639. The van der Waals surface area contributed by atoms with Crippen LogP contribution in [0.5, 0.6) is 0 Å². The van der Waals surface area contributed by atoms with Crippen LogP contribution in [0.3, 0.4) is 0 Å². The average Bonchev–Trinajstić information content (AvgIpc) is 2.37. The Morgan fingerprint density at radius 2 is 1.11 bits per heavy atom. The Hall–Kier alpha value is -0.540. The molecule has 0 fully saturated rings. The quantitative estimate of drug-likeness (QED) is 0.360. The van der Waals surface area contributed by atoms with Crippen LogP contribution in [0.1, 0.15) is 13.3 Å². The number of hydrogen-bond acceptors (Lipinski definition) is 9. The van der Waals surface area contributed by atoms with E-state index in [0.29, 0.717) is 0 Å². The molecule has 0 atom stereocenters. The molecule has 0 aliphatic heterocycles. The minimum Gasteiger partial charge on any atom is -0.387 e. The molecule has 0 saturated carbocycles. The summed E-state index contributed by atoms with van der Waals surface area (Å²) in [6.45, 7) is 1.52. The van der Waals surface area contributed by atoms with Gasteiger partial charge in [0.2, 0.25) is 0 Å². The van der Waals surface area contributed by atoms with E-state index in [1.165, 1.54) is 6.92 Å². The van der Waals surface area contributed by atoms with Gasteiger partial charge in [-0.25, -0.2) is 0 Å². The van der Waals surface area contributed by atoms with Crippen molar-refractivity contribution >= 4 is 55.8 Å². The van der Waals surface area contributed by atoms with Crippen molar-refractivity contribution < 1.29 is 28.6 Å². The fourth-order valence-corrected chi connectivity index (χ4v) is 1.09. The largest absolute Gasteiger partial charge is 0.423 e. The highest BCUT2D eigenvalue weighted by atomic mass is 32.1. The van der Waals surface area contributed by atoms with Crippen LogP contribution in [0.15, 0.2) is 0 Å². The van der Waals surface area contributed by atoms with Gasteiger partial charge in [0, 0.05) is 0 Å². The number of esters is 3. The van der Waals surface area contributed by atoms with Gasteiger partial charge >= 0.3 is 23.9 Å². The van der Waals surface area contributed by atoms with Crippen molar-refractivity contribution in [3.05, 3.63) is 0 Å². The van der Waals surface area contributed by atoms with Gasteiger partial charge < -0.3 is 14.2 Å². The number of ether oxygens (including phenoxy) is 3.